The predicted molar refractivity (Wildman–Crippen MR) is 42.3 cm³/mol. The van der Waals surface area contributed by atoms with Crippen LogP contribution in [0.3, 0.4) is 0 Å². The summed E-state index contributed by atoms with van der Waals surface area (Å²) in [5.41, 5.74) is 0. The molecular formula is C8H12ClF3. The van der Waals surface area contributed by atoms with E-state index in [-0.39, 0.29) is 5.92 Å². The lowest BCUT2D eigenvalue weighted by Gasteiger charge is -2.31. The molecule has 0 amide bonds. The first kappa shape index (κ1) is 10.2. The summed E-state index contributed by atoms with van der Waals surface area (Å²) < 4.78 is 37.1. The highest BCUT2D eigenvalue weighted by Gasteiger charge is 2.54. The molecule has 1 aliphatic carbocycles. The lowest BCUT2D eigenvalue weighted by molar-refractivity contribution is -0.169. The van der Waals surface area contributed by atoms with Crippen molar-refractivity contribution < 1.29 is 13.2 Å². The SMILES string of the molecule is CC(Cl)(C1CCCC1)C(F)(F)F. The molecule has 1 aliphatic rings. The molecule has 1 saturated carbocycles. The van der Waals surface area contributed by atoms with Crippen molar-refractivity contribution in [3.05, 3.63) is 0 Å². The first-order valence-electron chi connectivity index (χ1n) is 4.11. The predicted octanol–water partition coefficient (Wildman–Crippen LogP) is 3.74. The van der Waals surface area contributed by atoms with Gasteiger partial charge in [-0.05, 0) is 25.7 Å². The van der Waals surface area contributed by atoms with Crippen LogP contribution in [0, 0.1) is 5.92 Å². The fourth-order valence-electron chi connectivity index (χ4n) is 1.70. The van der Waals surface area contributed by atoms with Crippen LogP contribution in [-0.4, -0.2) is 11.1 Å². The van der Waals surface area contributed by atoms with Crippen LogP contribution in [0.4, 0.5) is 13.2 Å². The maximum absolute atomic E-state index is 12.4. The van der Waals surface area contributed by atoms with Crippen molar-refractivity contribution in [1.29, 1.82) is 0 Å². The Morgan fingerprint density at radius 2 is 1.58 bits per heavy atom. The van der Waals surface area contributed by atoms with E-state index in [0.717, 1.165) is 19.8 Å². The Hall–Kier alpha value is 0.0800. The first-order valence-corrected chi connectivity index (χ1v) is 4.49. The third kappa shape index (κ3) is 1.70. The highest BCUT2D eigenvalue weighted by atomic mass is 35.5. The Morgan fingerprint density at radius 3 is 1.92 bits per heavy atom. The Balaban J connectivity index is 2.69. The molecule has 0 N–H and O–H groups in total. The Bertz CT molecular complexity index is 156. The van der Waals surface area contributed by atoms with E-state index in [4.69, 9.17) is 11.6 Å². The Kier molecular flexibility index (Phi) is 2.62. The lowest BCUT2D eigenvalue weighted by atomic mass is 9.91. The Labute approximate surface area is 75.1 Å². The molecule has 0 saturated heterocycles. The van der Waals surface area contributed by atoms with Crippen LogP contribution in [0.15, 0.2) is 0 Å². The normalized spacial score (nSPS) is 25.8. The number of alkyl halides is 4. The van der Waals surface area contributed by atoms with Gasteiger partial charge in [0.15, 0.2) is 0 Å². The van der Waals surface area contributed by atoms with Crippen molar-refractivity contribution in [3.8, 4) is 0 Å². The van der Waals surface area contributed by atoms with Crippen molar-refractivity contribution in [2.24, 2.45) is 5.92 Å². The summed E-state index contributed by atoms with van der Waals surface area (Å²) in [7, 11) is 0. The molecule has 1 rings (SSSR count). The summed E-state index contributed by atoms with van der Waals surface area (Å²) in [5.74, 6) is -0.390. The van der Waals surface area contributed by atoms with Gasteiger partial charge in [-0.15, -0.1) is 11.6 Å². The summed E-state index contributed by atoms with van der Waals surface area (Å²) in [4.78, 5) is -2.01. The summed E-state index contributed by atoms with van der Waals surface area (Å²) in [5, 5.41) is 0. The average molecular weight is 201 g/mol. The van der Waals surface area contributed by atoms with E-state index < -0.39 is 11.1 Å². The zero-order valence-corrected chi connectivity index (χ0v) is 7.67. The van der Waals surface area contributed by atoms with Gasteiger partial charge in [-0.3, -0.25) is 0 Å². The number of hydrogen-bond donors (Lipinski definition) is 0. The molecule has 12 heavy (non-hydrogen) atoms. The zero-order chi connectivity index (χ0) is 9.41. The van der Waals surface area contributed by atoms with Crippen LogP contribution in [0.1, 0.15) is 32.6 Å². The topological polar surface area (TPSA) is 0 Å². The van der Waals surface area contributed by atoms with Gasteiger partial charge in [-0.2, -0.15) is 13.2 Å². The fourth-order valence-corrected chi connectivity index (χ4v) is 1.92. The van der Waals surface area contributed by atoms with Gasteiger partial charge in [-0.25, -0.2) is 0 Å². The molecule has 0 radical (unpaired) electrons. The molecule has 0 nitrogen and oxygen atoms in total. The van der Waals surface area contributed by atoms with Crippen molar-refractivity contribution in [3.63, 3.8) is 0 Å². The second-order valence-electron chi connectivity index (χ2n) is 3.55. The van der Waals surface area contributed by atoms with Gasteiger partial charge in [0.2, 0.25) is 0 Å². The summed E-state index contributed by atoms with van der Waals surface area (Å²) in [6.45, 7) is 1.09. The highest BCUT2D eigenvalue weighted by molar-refractivity contribution is 6.24. The first-order chi connectivity index (χ1) is 5.36. The van der Waals surface area contributed by atoms with Gasteiger partial charge >= 0.3 is 6.18 Å². The van der Waals surface area contributed by atoms with Gasteiger partial charge in [-0.1, -0.05) is 12.8 Å². The van der Waals surface area contributed by atoms with E-state index >= 15 is 0 Å². The molecule has 1 atom stereocenters. The molecule has 4 heteroatoms. The van der Waals surface area contributed by atoms with Gasteiger partial charge in [0, 0.05) is 0 Å². The molecule has 72 valence electrons. The number of rotatable bonds is 1. The number of halogens is 4. The van der Waals surface area contributed by atoms with Crippen LogP contribution >= 0.6 is 11.6 Å². The second kappa shape index (κ2) is 3.09. The van der Waals surface area contributed by atoms with Crippen LogP contribution in [0.2, 0.25) is 0 Å². The summed E-state index contributed by atoms with van der Waals surface area (Å²) in [6.07, 6.45) is -1.30. The highest BCUT2D eigenvalue weighted by Crippen LogP contribution is 2.47. The lowest BCUT2D eigenvalue weighted by Crippen LogP contribution is -2.42. The fraction of sp³-hybridized carbons (Fsp3) is 1.00. The van der Waals surface area contributed by atoms with Crippen LogP contribution in [-0.2, 0) is 0 Å². The largest absolute Gasteiger partial charge is 0.407 e. The van der Waals surface area contributed by atoms with Crippen LogP contribution in [0.25, 0.3) is 0 Å². The molecule has 1 unspecified atom stereocenters. The molecule has 1 fully saturated rings. The monoisotopic (exact) mass is 200 g/mol. The molecule has 0 heterocycles. The van der Waals surface area contributed by atoms with Crippen molar-refractivity contribution in [1.82, 2.24) is 0 Å². The quantitative estimate of drug-likeness (QED) is 0.566. The van der Waals surface area contributed by atoms with Crippen molar-refractivity contribution in [2.75, 3.05) is 0 Å². The Morgan fingerprint density at radius 1 is 1.17 bits per heavy atom. The van der Waals surface area contributed by atoms with Crippen LogP contribution in [0.5, 0.6) is 0 Å². The maximum atomic E-state index is 12.4. The van der Waals surface area contributed by atoms with Gasteiger partial charge in [0.1, 0.15) is 4.87 Å². The van der Waals surface area contributed by atoms with E-state index in [1.54, 1.807) is 0 Å². The van der Waals surface area contributed by atoms with E-state index in [1.807, 2.05) is 0 Å². The third-order valence-electron chi connectivity index (χ3n) is 2.68. The smallest absolute Gasteiger partial charge is 0.169 e. The third-order valence-corrected chi connectivity index (χ3v) is 3.20. The van der Waals surface area contributed by atoms with Gasteiger partial charge in [0.05, 0.1) is 0 Å². The molecular weight excluding hydrogens is 189 g/mol. The van der Waals surface area contributed by atoms with E-state index in [0.29, 0.717) is 12.8 Å². The molecule has 0 aliphatic heterocycles. The van der Waals surface area contributed by atoms with Crippen LogP contribution < -0.4 is 0 Å². The molecule has 0 aromatic heterocycles. The number of hydrogen-bond acceptors (Lipinski definition) is 0. The van der Waals surface area contributed by atoms with Gasteiger partial charge < -0.3 is 0 Å². The molecule has 0 spiro atoms. The minimum atomic E-state index is -4.27. The second-order valence-corrected chi connectivity index (χ2v) is 4.34. The molecule has 0 bridgehead atoms. The van der Waals surface area contributed by atoms with E-state index in [9.17, 15) is 13.2 Å². The minimum absolute atomic E-state index is 0.390. The molecule has 0 aromatic carbocycles. The average Bonchev–Trinajstić information content (AvgIpc) is 2.34. The summed E-state index contributed by atoms with van der Waals surface area (Å²) >= 11 is 5.49. The van der Waals surface area contributed by atoms with Crippen molar-refractivity contribution >= 4 is 11.6 Å². The summed E-state index contributed by atoms with van der Waals surface area (Å²) in [6, 6.07) is 0. The molecule has 0 aromatic rings. The van der Waals surface area contributed by atoms with E-state index in [1.165, 1.54) is 0 Å². The van der Waals surface area contributed by atoms with E-state index in [2.05, 4.69) is 0 Å². The standard InChI is InChI=1S/C8H12ClF3/c1-7(9,8(10,11)12)6-4-2-3-5-6/h6H,2-5H2,1H3. The van der Waals surface area contributed by atoms with Crippen molar-refractivity contribution in [2.45, 2.75) is 43.7 Å². The van der Waals surface area contributed by atoms with Gasteiger partial charge in [0.25, 0.3) is 0 Å². The minimum Gasteiger partial charge on any atom is -0.169 e. The maximum Gasteiger partial charge on any atom is 0.407 e. The zero-order valence-electron chi connectivity index (χ0n) is 6.92.